The fraction of sp³-hybridized carbons (Fsp3) is 0.200. The summed E-state index contributed by atoms with van der Waals surface area (Å²) >= 11 is 11.1. The van der Waals surface area contributed by atoms with Gasteiger partial charge in [-0.05, 0) is 6.07 Å². The van der Waals surface area contributed by atoms with Gasteiger partial charge in [0, 0.05) is 18.5 Å². The van der Waals surface area contributed by atoms with Gasteiger partial charge in [-0.1, -0.05) is 23.8 Å². The topological polar surface area (TPSA) is 12.0 Å². The van der Waals surface area contributed by atoms with Crippen LogP contribution < -0.4 is 5.32 Å². The van der Waals surface area contributed by atoms with Gasteiger partial charge < -0.3 is 5.32 Å². The molecule has 82 valence electrons. The molecule has 0 saturated heterocycles. The molecule has 0 aliphatic carbocycles. The van der Waals surface area contributed by atoms with Crippen LogP contribution in [0.5, 0.6) is 0 Å². The van der Waals surface area contributed by atoms with Crippen molar-refractivity contribution in [3.05, 3.63) is 40.9 Å². The van der Waals surface area contributed by atoms with Crippen LogP contribution in [-0.4, -0.2) is 12.4 Å². The van der Waals surface area contributed by atoms with Gasteiger partial charge in [-0.3, -0.25) is 0 Å². The van der Waals surface area contributed by atoms with E-state index in [1.807, 2.05) is 0 Å². The molecule has 0 aliphatic heterocycles. The van der Waals surface area contributed by atoms with Crippen LogP contribution in [-0.2, 0) is 0 Å². The molecule has 0 radical (unpaired) electrons. The molecule has 1 rings (SSSR count). The van der Waals surface area contributed by atoms with Crippen LogP contribution in [0.25, 0.3) is 0 Å². The van der Waals surface area contributed by atoms with E-state index >= 15 is 0 Å². The number of allylic oxidation sites excluding steroid dienone is 1. The Hall–Kier alpha value is -0.800. The molecule has 0 aliphatic rings. The highest BCUT2D eigenvalue weighted by molar-refractivity contribution is 6.33. The Morgan fingerprint density at radius 2 is 2.00 bits per heavy atom. The van der Waals surface area contributed by atoms with Crippen molar-refractivity contribution in [1.29, 1.82) is 0 Å². The Bertz CT molecular complexity index is 343. The van der Waals surface area contributed by atoms with Crippen LogP contribution in [0.3, 0.4) is 0 Å². The molecule has 0 fully saturated rings. The highest BCUT2D eigenvalue weighted by Crippen LogP contribution is 2.25. The third-order valence-electron chi connectivity index (χ3n) is 1.66. The molecule has 0 heterocycles. The Kier molecular flexibility index (Phi) is 4.85. The standard InChI is InChI=1S/C10H9Cl2F2N/c11-3-1-2-4-15-10-8(12)5-7(13)6-9(10)14/h1-2,5-6,15H,3-4H2/b2-1+. The van der Waals surface area contributed by atoms with Crippen LogP contribution in [0.2, 0.25) is 5.02 Å². The maximum absolute atomic E-state index is 13.2. The van der Waals surface area contributed by atoms with Gasteiger partial charge in [0.1, 0.15) is 5.82 Å². The molecule has 0 saturated carbocycles. The molecule has 5 heteroatoms. The van der Waals surface area contributed by atoms with Crippen molar-refractivity contribution >= 4 is 28.9 Å². The predicted octanol–water partition coefficient (Wildman–Crippen LogP) is 3.83. The lowest BCUT2D eigenvalue weighted by molar-refractivity contribution is 0.585. The third kappa shape index (κ3) is 3.68. The number of alkyl halides is 1. The first-order valence-electron chi connectivity index (χ1n) is 4.24. The van der Waals surface area contributed by atoms with Gasteiger partial charge in [0.25, 0.3) is 0 Å². The first kappa shape index (κ1) is 12.3. The second-order valence-electron chi connectivity index (χ2n) is 2.75. The monoisotopic (exact) mass is 251 g/mol. The molecule has 1 nitrogen and oxygen atoms in total. The fourth-order valence-corrected chi connectivity index (χ4v) is 1.41. The van der Waals surface area contributed by atoms with Crippen molar-refractivity contribution in [1.82, 2.24) is 0 Å². The van der Waals surface area contributed by atoms with Crippen molar-refractivity contribution in [3.63, 3.8) is 0 Å². The second-order valence-corrected chi connectivity index (χ2v) is 3.47. The highest BCUT2D eigenvalue weighted by Gasteiger charge is 2.08. The Morgan fingerprint density at radius 3 is 2.60 bits per heavy atom. The van der Waals surface area contributed by atoms with Crippen molar-refractivity contribution in [3.8, 4) is 0 Å². The number of nitrogens with one attached hydrogen (secondary N) is 1. The number of halogens is 4. The van der Waals surface area contributed by atoms with Crippen LogP contribution >= 0.6 is 23.2 Å². The molecule has 0 amide bonds. The van der Waals surface area contributed by atoms with E-state index < -0.39 is 11.6 Å². The average molecular weight is 252 g/mol. The minimum atomic E-state index is -0.709. The van der Waals surface area contributed by atoms with Gasteiger partial charge in [0.05, 0.1) is 10.7 Å². The van der Waals surface area contributed by atoms with E-state index in [4.69, 9.17) is 23.2 Å². The summed E-state index contributed by atoms with van der Waals surface area (Å²) in [7, 11) is 0. The first-order valence-corrected chi connectivity index (χ1v) is 5.15. The van der Waals surface area contributed by atoms with Crippen LogP contribution in [0.15, 0.2) is 24.3 Å². The highest BCUT2D eigenvalue weighted by atomic mass is 35.5. The largest absolute Gasteiger partial charge is 0.378 e. The number of rotatable bonds is 4. The fourth-order valence-electron chi connectivity index (χ4n) is 1.02. The van der Waals surface area contributed by atoms with Gasteiger partial charge in [-0.15, -0.1) is 11.6 Å². The Morgan fingerprint density at radius 1 is 1.27 bits per heavy atom. The zero-order chi connectivity index (χ0) is 11.3. The zero-order valence-corrected chi connectivity index (χ0v) is 9.25. The van der Waals surface area contributed by atoms with Crippen molar-refractivity contribution in [2.45, 2.75) is 0 Å². The van der Waals surface area contributed by atoms with Gasteiger partial charge in [-0.25, -0.2) is 8.78 Å². The maximum Gasteiger partial charge on any atom is 0.150 e. The van der Waals surface area contributed by atoms with Crippen molar-refractivity contribution in [2.24, 2.45) is 0 Å². The minimum Gasteiger partial charge on any atom is -0.378 e. The third-order valence-corrected chi connectivity index (χ3v) is 2.14. The summed E-state index contributed by atoms with van der Waals surface area (Å²) in [5.41, 5.74) is 0.0947. The van der Waals surface area contributed by atoms with E-state index in [1.54, 1.807) is 12.2 Å². The first-order chi connectivity index (χ1) is 7.15. The SMILES string of the molecule is Fc1cc(F)c(NC/C=C/CCl)c(Cl)c1. The quantitative estimate of drug-likeness (QED) is 0.634. The predicted molar refractivity (Wildman–Crippen MR) is 59.7 cm³/mol. The lowest BCUT2D eigenvalue weighted by Crippen LogP contribution is -2.02. The molecular formula is C10H9Cl2F2N. The summed E-state index contributed by atoms with van der Waals surface area (Å²) in [4.78, 5) is 0. The lowest BCUT2D eigenvalue weighted by Gasteiger charge is -2.07. The van der Waals surface area contributed by atoms with E-state index in [1.165, 1.54) is 0 Å². The summed E-state index contributed by atoms with van der Waals surface area (Å²) in [5.74, 6) is -1.01. The van der Waals surface area contributed by atoms with Gasteiger partial charge in [0.15, 0.2) is 5.82 Å². The van der Waals surface area contributed by atoms with Crippen LogP contribution in [0, 0.1) is 11.6 Å². The summed E-state index contributed by atoms with van der Waals surface area (Å²) in [6.45, 7) is 0.384. The number of hydrogen-bond acceptors (Lipinski definition) is 1. The smallest absolute Gasteiger partial charge is 0.150 e. The molecule has 0 bridgehead atoms. The molecular weight excluding hydrogens is 243 g/mol. The number of hydrogen-bond donors (Lipinski definition) is 1. The van der Waals surface area contributed by atoms with E-state index in [9.17, 15) is 8.78 Å². The molecule has 1 aromatic carbocycles. The van der Waals surface area contributed by atoms with Crippen molar-refractivity contribution in [2.75, 3.05) is 17.7 Å². The molecule has 0 atom stereocenters. The van der Waals surface area contributed by atoms with Crippen LogP contribution in [0.4, 0.5) is 14.5 Å². The van der Waals surface area contributed by atoms with Crippen LogP contribution in [0.1, 0.15) is 0 Å². The average Bonchev–Trinajstić information content (AvgIpc) is 2.15. The molecule has 0 aromatic heterocycles. The van der Waals surface area contributed by atoms with E-state index in [0.717, 1.165) is 12.1 Å². The Labute approximate surface area is 96.7 Å². The summed E-state index contributed by atoms with van der Waals surface area (Å²) < 4.78 is 25.9. The molecule has 1 aromatic rings. The molecule has 0 spiro atoms. The van der Waals surface area contributed by atoms with Crippen molar-refractivity contribution < 1.29 is 8.78 Å². The number of benzene rings is 1. The van der Waals surface area contributed by atoms with E-state index in [0.29, 0.717) is 12.4 Å². The van der Waals surface area contributed by atoms with Gasteiger partial charge in [-0.2, -0.15) is 0 Å². The second kappa shape index (κ2) is 5.93. The minimum absolute atomic E-state index is 0.0202. The molecule has 15 heavy (non-hydrogen) atoms. The number of anilines is 1. The van der Waals surface area contributed by atoms with E-state index in [2.05, 4.69) is 5.32 Å². The lowest BCUT2D eigenvalue weighted by atomic mass is 10.3. The normalized spacial score (nSPS) is 10.9. The maximum atomic E-state index is 13.2. The summed E-state index contributed by atoms with van der Waals surface area (Å²) in [6, 6.07) is 1.83. The molecule has 0 unspecified atom stereocenters. The van der Waals surface area contributed by atoms with Gasteiger partial charge >= 0.3 is 0 Å². The zero-order valence-electron chi connectivity index (χ0n) is 7.74. The van der Waals surface area contributed by atoms with E-state index in [-0.39, 0.29) is 10.7 Å². The molecule has 1 N–H and O–H groups in total. The summed E-state index contributed by atoms with van der Waals surface area (Å²) in [6.07, 6.45) is 3.44. The van der Waals surface area contributed by atoms with Gasteiger partial charge in [0.2, 0.25) is 0 Å². The Balaban J connectivity index is 2.72. The summed E-state index contributed by atoms with van der Waals surface area (Å²) in [5, 5.41) is 2.74.